The maximum atomic E-state index is 12.1. The van der Waals surface area contributed by atoms with E-state index in [9.17, 15) is 4.79 Å². The molecule has 4 nitrogen and oxygen atoms in total. The smallest absolute Gasteiger partial charge is 0.181 e. The van der Waals surface area contributed by atoms with E-state index in [1.807, 2.05) is 19.9 Å². The average Bonchev–Trinajstić information content (AvgIpc) is 2.83. The molecule has 0 saturated heterocycles. The Labute approximate surface area is 117 Å². The van der Waals surface area contributed by atoms with Crippen molar-refractivity contribution in [2.75, 3.05) is 0 Å². The van der Waals surface area contributed by atoms with E-state index in [4.69, 9.17) is 11.6 Å². The molecule has 2 aromatic heterocycles. The minimum atomic E-state index is 0.0661. The molecule has 2 heterocycles. The molecular weight excluding hydrogens is 262 g/mol. The number of pyridine rings is 1. The summed E-state index contributed by atoms with van der Waals surface area (Å²) in [6.45, 7) is 3.98. The highest BCUT2D eigenvalue weighted by Crippen LogP contribution is 2.20. The van der Waals surface area contributed by atoms with Crippen LogP contribution >= 0.6 is 11.6 Å². The predicted octanol–water partition coefficient (Wildman–Crippen LogP) is 3.47. The van der Waals surface area contributed by atoms with Gasteiger partial charge in [-0.05, 0) is 31.0 Å². The van der Waals surface area contributed by atoms with Crippen LogP contribution in [0.4, 0.5) is 0 Å². The lowest BCUT2D eigenvalue weighted by atomic mass is 10.1. The number of carbonyl (C=O) groups is 1. The molecule has 0 fully saturated rings. The van der Waals surface area contributed by atoms with Crippen LogP contribution in [-0.4, -0.2) is 20.5 Å². The molecule has 2 rings (SSSR count). The van der Waals surface area contributed by atoms with Crippen LogP contribution in [0.3, 0.4) is 0 Å². The van der Waals surface area contributed by atoms with Crippen LogP contribution in [0, 0.1) is 0 Å². The summed E-state index contributed by atoms with van der Waals surface area (Å²) in [6.07, 6.45) is 3.72. The number of hydrogen-bond donors (Lipinski definition) is 0. The van der Waals surface area contributed by atoms with Gasteiger partial charge in [-0.1, -0.05) is 25.4 Å². The van der Waals surface area contributed by atoms with Crippen LogP contribution in [-0.2, 0) is 6.42 Å². The topological polar surface area (TPSA) is 47.8 Å². The minimum Gasteiger partial charge on any atom is -0.292 e. The molecule has 0 amide bonds. The van der Waals surface area contributed by atoms with E-state index < -0.39 is 0 Å². The van der Waals surface area contributed by atoms with Crippen molar-refractivity contribution < 1.29 is 4.79 Å². The van der Waals surface area contributed by atoms with E-state index in [0.29, 0.717) is 23.0 Å². The molecule has 2 aromatic rings. The van der Waals surface area contributed by atoms with Gasteiger partial charge in [-0.25, -0.2) is 9.67 Å². The van der Waals surface area contributed by atoms with Crippen LogP contribution in [0.5, 0.6) is 0 Å². The standard InChI is InChI=1S/C14H16ClN3O/c1-3-6-13(19)12-9-10(4-2)17-18(12)14-11(15)7-5-8-16-14/h5,7-9H,3-4,6H2,1-2H3. The average molecular weight is 278 g/mol. The van der Waals surface area contributed by atoms with Crippen molar-refractivity contribution in [3.8, 4) is 5.82 Å². The lowest BCUT2D eigenvalue weighted by Gasteiger charge is -2.06. The predicted molar refractivity (Wildman–Crippen MR) is 75.0 cm³/mol. The van der Waals surface area contributed by atoms with Gasteiger partial charge in [-0.3, -0.25) is 4.79 Å². The van der Waals surface area contributed by atoms with Crippen LogP contribution in [0.1, 0.15) is 42.9 Å². The van der Waals surface area contributed by atoms with Crippen molar-refractivity contribution in [3.63, 3.8) is 0 Å². The normalized spacial score (nSPS) is 10.7. The molecule has 0 aliphatic rings. The lowest BCUT2D eigenvalue weighted by molar-refractivity contribution is 0.0974. The highest BCUT2D eigenvalue weighted by Gasteiger charge is 2.17. The molecule has 0 radical (unpaired) electrons. The molecule has 0 aliphatic heterocycles. The second-order valence-electron chi connectivity index (χ2n) is 4.27. The number of rotatable bonds is 5. The molecule has 0 unspecified atom stereocenters. The Balaban J connectivity index is 2.53. The van der Waals surface area contributed by atoms with Crippen molar-refractivity contribution in [3.05, 3.63) is 40.8 Å². The van der Waals surface area contributed by atoms with Crippen LogP contribution < -0.4 is 0 Å². The van der Waals surface area contributed by atoms with Crippen LogP contribution in [0.2, 0.25) is 5.02 Å². The van der Waals surface area contributed by atoms with Gasteiger partial charge in [0.05, 0.1) is 10.7 Å². The van der Waals surface area contributed by atoms with Gasteiger partial charge in [0.15, 0.2) is 11.6 Å². The number of carbonyl (C=O) groups excluding carboxylic acids is 1. The van der Waals surface area contributed by atoms with Crippen molar-refractivity contribution in [1.82, 2.24) is 14.8 Å². The van der Waals surface area contributed by atoms with E-state index in [1.54, 1.807) is 23.0 Å². The Kier molecular flexibility index (Phi) is 4.32. The Hall–Kier alpha value is -1.68. The summed E-state index contributed by atoms with van der Waals surface area (Å²) in [4.78, 5) is 16.4. The van der Waals surface area contributed by atoms with Gasteiger partial charge in [0.2, 0.25) is 0 Å². The van der Waals surface area contributed by atoms with E-state index in [1.165, 1.54) is 0 Å². The summed E-state index contributed by atoms with van der Waals surface area (Å²) in [6, 6.07) is 5.32. The van der Waals surface area contributed by atoms with Crippen molar-refractivity contribution in [2.45, 2.75) is 33.1 Å². The van der Waals surface area contributed by atoms with Gasteiger partial charge in [-0.2, -0.15) is 5.10 Å². The largest absolute Gasteiger partial charge is 0.292 e. The molecule has 0 spiro atoms. The van der Waals surface area contributed by atoms with Crippen molar-refractivity contribution >= 4 is 17.4 Å². The van der Waals surface area contributed by atoms with E-state index >= 15 is 0 Å². The lowest BCUT2D eigenvalue weighted by Crippen LogP contribution is -2.10. The van der Waals surface area contributed by atoms with Crippen LogP contribution in [0.25, 0.3) is 5.82 Å². The number of halogens is 1. The van der Waals surface area contributed by atoms with Gasteiger partial charge < -0.3 is 0 Å². The van der Waals surface area contributed by atoms with Gasteiger partial charge in [0.25, 0.3) is 0 Å². The molecule has 0 aromatic carbocycles. The second kappa shape index (κ2) is 5.97. The monoisotopic (exact) mass is 277 g/mol. The third kappa shape index (κ3) is 2.84. The maximum absolute atomic E-state index is 12.1. The summed E-state index contributed by atoms with van der Waals surface area (Å²) in [7, 11) is 0. The molecule has 0 N–H and O–H groups in total. The zero-order valence-electron chi connectivity index (χ0n) is 11.1. The van der Waals surface area contributed by atoms with Crippen molar-refractivity contribution in [2.24, 2.45) is 0 Å². The van der Waals surface area contributed by atoms with E-state index in [2.05, 4.69) is 10.1 Å². The fourth-order valence-corrected chi connectivity index (χ4v) is 2.05. The third-order valence-electron chi connectivity index (χ3n) is 2.82. The SMILES string of the molecule is CCCC(=O)c1cc(CC)nn1-c1ncccc1Cl. The number of hydrogen-bond acceptors (Lipinski definition) is 3. The zero-order valence-corrected chi connectivity index (χ0v) is 11.8. The third-order valence-corrected chi connectivity index (χ3v) is 3.12. The van der Waals surface area contributed by atoms with Gasteiger partial charge >= 0.3 is 0 Å². The number of ketones is 1. The van der Waals surface area contributed by atoms with Gasteiger partial charge in [-0.15, -0.1) is 0 Å². The van der Waals surface area contributed by atoms with Gasteiger partial charge in [0, 0.05) is 12.6 Å². The summed E-state index contributed by atoms with van der Waals surface area (Å²) in [5.74, 6) is 0.569. The Morgan fingerprint density at radius 2 is 2.21 bits per heavy atom. The Bertz CT molecular complexity index is 592. The molecule has 0 atom stereocenters. The maximum Gasteiger partial charge on any atom is 0.181 e. The molecule has 0 aliphatic carbocycles. The highest BCUT2D eigenvalue weighted by molar-refractivity contribution is 6.32. The molecule has 5 heteroatoms. The highest BCUT2D eigenvalue weighted by atomic mass is 35.5. The fraction of sp³-hybridized carbons (Fsp3) is 0.357. The zero-order chi connectivity index (χ0) is 13.8. The molecular formula is C14H16ClN3O. The Morgan fingerprint density at radius 3 is 2.84 bits per heavy atom. The summed E-state index contributed by atoms with van der Waals surface area (Å²) in [5.41, 5.74) is 1.42. The number of Topliss-reactive ketones (excluding diaryl/α,β-unsaturated/α-hetero) is 1. The number of aryl methyl sites for hydroxylation is 1. The number of nitrogens with zero attached hydrogens (tertiary/aromatic N) is 3. The molecule has 100 valence electrons. The second-order valence-corrected chi connectivity index (χ2v) is 4.68. The fourth-order valence-electron chi connectivity index (χ4n) is 1.85. The first kappa shape index (κ1) is 13.7. The van der Waals surface area contributed by atoms with E-state index in [-0.39, 0.29) is 5.78 Å². The molecule has 19 heavy (non-hydrogen) atoms. The number of aromatic nitrogens is 3. The minimum absolute atomic E-state index is 0.0661. The summed E-state index contributed by atoms with van der Waals surface area (Å²) < 4.78 is 1.55. The van der Waals surface area contributed by atoms with Gasteiger partial charge in [0.1, 0.15) is 5.69 Å². The summed E-state index contributed by atoms with van der Waals surface area (Å²) in [5, 5.41) is 4.90. The molecule has 0 bridgehead atoms. The van der Waals surface area contributed by atoms with Crippen LogP contribution in [0.15, 0.2) is 24.4 Å². The first-order valence-corrected chi connectivity index (χ1v) is 6.78. The Morgan fingerprint density at radius 1 is 1.42 bits per heavy atom. The molecule has 0 saturated carbocycles. The van der Waals surface area contributed by atoms with Crippen molar-refractivity contribution in [1.29, 1.82) is 0 Å². The first-order valence-electron chi connectivity index (χ1n) is 6.40. The summed E-state index contributed by atoms with van der Waals surface area (Å²) >= 11 is 6.13. The quantitative estimate of drug-likeness (QED) is 0.786. The van der Waals surface area contributed by atoms with E-state index in [0.717, 1.165) is 18.5 Å². The first-order chi connectivity index (χ1) is 9.17.